The van der Waals surface area contributed by atoms with E-state index in [1.807, 2.05) is 0 Å². The first-order valence-corrected chi connectivity index (χ1v) is 6.13. The molecule has 5 heteroatoms. The van der Waals surface area contributed by atoms with Crippen molar-refractivity contribution >= 4 is 0 Å². The van der Waals surface area contributed by atoms with Crippen molar-refractivity contribution in [2.75, 3.05) is 0 Å². The monoisotopic (exact) mass is 278 g/mol. The summed E-state index contributed by atoms with van der Waals surface area (Å²) < 4.78 is 55.3. The van der Waals surface area contributed by atoms with Gasteiger partial charge in [0.25, 0.3) is 0 Å². The fourth-order valence-corrected chi connectivity index (χ4v) is 0. The summed E-state index contributed by atoms with van der Waals surface area (Å²) in [6.45, 7) is 12.4. The van der Waals surface area contributed by atoms with E-state index < -0.39 is 18.5 Å². The van der Waals surface area contributed by atoms with Crippen LogP contribution in [0.15, 0.2) is 0 Å². The largest absolute Gasteiger partial charge is 0.388 e. The maximum Gasteiger partial charge on any atom is 0.388 e. The zero-order valence-electron chi connectivity index (χ0n) is 12.5. The van der Waals surface area contributed by atoms with E-state index in [0.717, 1.165) is 13.8 Å². The lowest BCUT2D eigenvalue weighted by Gasteiger charge is -2.12. The summed E-state index contributed by atoms with van der Waals surface area (Å²) in [5.41, 5.74) is 0.542. The highest BCUT2D eigenvalue weighted by atomic mass is 19.4. The standard InChI is InChI=1S/C6H14.C4H8F2.C3H5F3/c1-5-6(2,3)4;1-3-4(2,5)6;1-2-3(4,5)6/h5H2,1-4H3;3H2,1-2H3;2H2,1H3. The van der Waals surface area contributed by atoms with Crippen LogP contribution < -0.4 is 0 Å². The second-order valence-electron chi connectivity index (χ2n) is 5.31. The molecule has 0 amide bonds. The average molecular weight is 278 g/mol. The third kappa shape index (κ3) is 44.9. The van der Waals surface area contributed by atoms with Crippen LogP contribution in [0.1, 0.15) is 67.7 Å². The van der Waals surface area contributed by atoms with E-state index in [0.29, 0.717) is 5.41 Å². The van der Waals surface area contributed by atoms with E-state index in [1.165, 1.54) is 13.3 Å². The van der Waals surface area contributed by atoms with E-state index in [4.69, 9.17) is 0 Å². The molecule has 0 radical (unpaired) electrons. The first-order chi connectivity index (χ1) is 7.68. The molecule has 0 nitrogen and oxygen atoms in total. The molecule has 0 aromatic rings. The van der Waals surface area contributed by atoms with Crippen LogP contribution in [0, 0.1) is 5.41 Å². The molecule has 0 N–H and O–H groups in total. The minimum atomic E-state index is -3.96. The van der Waals surface area contributed by atoms with Crippen LogP contribution in [0.5, 0.6) is 0 Å². The van der Waals surface area contributed by atoms with Crippen molar-refractivity contribution in [3.63, 3.8) is 0 Å². The van der Waals surface area contributed by atoms with Crippen molar-refractivity contribution in [3.8, 4) is 0 Å². The molecule has 0 aliphatic heterocycles. The van der Waals surface area contributed by atoms with Crippen LogP contribution in [0.2, 0.25) is 0 Å². The Labute approximate surface area is 108 Å². The summed E-state index contributed by atoms with van der Waals surface area (Å²) in [5.74, 6) is -2.46. The number of hydrogen-bond donors (Lipinski definition) is 0. The molecule has 18 heavy (non-hydrogen) atoms. The highest BCUT2D eigenvalue weighted by molar-refractivity contribution is 4.55. The van der Waals surface area contributed by atoms with Gasteiger partial charge in [0.2, 0.25) is 5.92 Å². The van der Waals surface area contributed by atoms with Gasteiger partial charge in [-0.1, -0.05) is 48.0 Å². The van der Waals surface area contributed by atoms with Gasteiger partial charge in [-0.25, -0.2) is 8.78 Å². The highest BCUT2D eigenvalue weighted by Crippen LogP contribution is 2.17. The summed E-state index contributed by atoms with van der Waals surface area (Å²) in [6, 6.07) is 0. The molecule has 0 aromatic heterocycles. The van der Waals surface area contributed by atoms with Crippen LogP contribution in [-0.2, 0) is 0 Å². The van der Waals surface area contributed by atoms with Crippen LogP contribution >= 0.6 is 0 Å². The van der Waals surface area contributed by atoms with Gasteiger partial charge in [0.1, 0.15) is 0 Å². The fourth-order valence-electron chi connectivity index (χ4n) is 0. The van der Waals surface area contributed by atoms with Gasteiger partial charge in [0, 0.05) is 12.8 Å². The van der Waals surface area contributed by atoms with Gasteiger partial charge in [-0.3, -0.25) is 0 Å². The summed E-state index contributed by atoms with van der Waals surface area (Å²) in [7, 11) is 0. The zero-order valence-corrected chi connectivity index (χ0v) is 12.5. The predicted octanol–water partition coefficient (Wildman–Crippen LogP) is 6.45. The van der Waals surface area contributed by atoms with Crippen LogP contribution in [-0.4, -0.2) is 12.1 Å². The number of halogens is 5. The third-order valence-electron chi connectivity index (χ3n) is 2.08. The first kappa shape index (κ1) is 22.8. The molecule has 0 bridgehead atoms. The lowest BCUT2D eigenvalue weighted by atomic mass is 9.94. The molecule has 0 aliphatic carbocycles. The molecule has 0 saturated carbocycles. The van der Waals surface area contributed by atoms with Gasteiger partial charge in [-0.15, -0.1) is 0 Å². The molecule has 0 spiro atoms. The van der Waals surface area contributed by atoms with E-state index in [9.17, 15) is 22.0 Å². The molecule has 0 heterocycles. The molecular weight excluding hydrogens is 251 g/mol. The zero-order chi connectivity index (χ0) is 15.6. The van der Waals surface area contributed by atoms with Crippen molar-refractivity contribution in [3.05, 3.63) is 0 Å². The summed E-state index contributed by atoms with van der Waals surface area (Å²) >= 11 is 0. The predicted molar refractivity (Wildman–Crippen MR) is 67.0 cm³/mol. The van der Waals surface area contributed by atoms with Gasteiger partial charge in [-0.2, -0.15) is 13.2 Å². The molecule has 0 fully saturated rings. The maximum absolute atomic E-state index is 11.5. The maximum atomic E-state index is 11.5. The molecular formula is C13H27F5. The SMILES string of the molecule is CCC(C)(C)C.CCC(C)(F)F.CCC(F)(F)F. The third-order valence-corrected chi connectivity index (χ3v) is 2.08. The number of rotatable bonds is 1. The van der Waals surface area contributed by atoms with Crippen LogP contribution in [0.25, 0.3) is 0 Å². The van der Waals surface area contributed by atoms with Crippen LogP contribution in [0.4, 0.5) is 22.0 Å². The van der Waals surface area contributed by atoms with Crippen molar-refractivity contribution in [2.45, 2.75) is 79.8 Å². The number of alkyl halides is 5. The Balaban J connectivity index is -0.000000187. The molecule has 114 valence electrons. The lowest BCUT2D eigenvalue weighted by molar-refractivity contribution is -0.130. The van der Waals surface area contributed by atoms with E-state index >= 15 is 0 Å². The van der Waals surface area contributed by atoms with Gasteiger partial charge in [0.15, 0.2) is 0 Å². The van der Waals surface area contributed by atoms with Crippen molar-refractivity contribution < 1.29 is 22.0 Å². The van der Waals surface area contributed by atoms with Crippen LogP contribution in [0.3, 0.4) is 0 Å². The average Bonchev–Trinajstić information content (AvgIpc) is 2.16. The van der Waals surface area contributed by atoms with E-state index in [-0.39, 0.29) is 6.42 Å². The molecule has 0 aromatic carbocycles. The van der Waals surface area contributed by atoms with Gasteiger partial charge in [-0.05, 0) is 12.3 Å². The molecule has 0 atom stereocenters. The molecule has 0 aliphatic rings. The molecule has 0 saturated heterocycles. The van der Waals surface area contributed by atoms with Gasteiger partial charge < -0.3 is 0 Å². The molecule has 0 unspecified atom stereocenters. The van der Waals surface area contributed by atoms with Gasteiger partial charge >= 0.3 is 6.18 Å². The highest BCUT2D eigenvalue weighted by Gasteiger charge is 2.22. The minimum Gasteiger partial charge on any atom is -0.207 e. The van der Waals surface area contributed by atoms with Crippen molar-refractivity contribution in [1.29, 1.82) is 0 Å². The Morgan fingerprint density at radius 2 is 0.778 bits per heavy atom. The Hall–Kier alpha value is -0.350. The Morgan fingerprint density at radius 1 is 0.611 bits per heavy atom. The van der Waals surface area contributed by atoms with E-state index in [1.54, 1.807) is 0 Å². The summed E-state index contributed by atoms with van der Waals surface area (Å²) in [4.78, 5) is 0. The summed E-state index contributed by atoms with van der Waals surface area (Å²) in [6.07, 6.45) is -3.48. The Bertz CT molecular complexity index is 138. The molecule has 0 rings (SSSR count). The lowest BCUT2D eigenvalue weighted by Crippen LogP contribution is -2.05. The quantitative estimate of drug-likeness (QED) is 0.483. The van der Waals surface area contributed by atoms with E-state index in [2.05, 4.69) is 27.7 Å². The Morgan fingerprint density at radius 3 is 0.778 bits per heavy atom. The normalized spacial score (nSPS) is 12.0. The second kappa shape index (κ2) is 9.56. The second-order valence-corrected chi connectivity index (χ2v) is 5.31. The number of hydrogen-bond acceptors (Lipinski definition) is 0. The van der Waals surface area contributed by atoms with Gasteiger partial charge in [0.05, 0.1) is 0 Å². The van der Waals surface area contributed by atoms with Crippen molar-refractivity contribution in [1.82, 2.24) is 0 Å². The first-order valence-electron chi connectivity index (χ1n) is 6.13. The minimum absolute atomic E-state index is 0.0625. The Kier molecular flexibility index (Phi) is 12.1. The topological polar surface area (TPSA) is 0 Å². The summed E-state index contributed by atoms with van der Waals surface area (Å²) in [5, 5.41) is 0. The fraction of sp³-hybridized carbons (Fsp3) is 1.00. The van der Waals surface area contributed by atoms with Crippen molar-refractivity contribution in [2.24, 2.45) is 5.41 Å². The smallest absolute Gasteiger partial charge is 0.207 e.